The van der Waals surface area contributed by atoms with Crippen molar-refractivity contribution in [3.8, 4) is 0 Å². The number of rotatable bonds is 1. The molecular weight excluding hydrogens is 202 g/mol. The van der Waals surface area contributed by atoms with Crippen LogP contribution in [0.1, 0.15) is 13.8 Å². The molecule has 1 unspecified atom stereocenters. The summed E-state index contributed by atoms with van der Waals surface area (Å²) >= 11 is 6.15. The molecule has 78 valence electrons. The van der Waals surface area contributed by atoms with Crippen LogP contribution in [-0.4, -0.2) is 24.2 Å². The summed E-state index contributed by atoms with van der Waals surface area (Å²) in [4.78, 5) is 15.4. The molecule has 14 heavy (non-hydrogen) atoms. The number of hydrogen-bond donors (Lipinski definition) is 2. The topological polar surface area (TPSA) is 67.5 Å². The lowest BCUT2D eigenvalue weighted by Gasteiger charge is -2.32. The number of alkyl halides is 1. The molecule has 1 aliphatic heterocycles. The standard InChI is InChI=1S/C9H14ClN3O/c1-9(2)6(10)5(7(14)12-3)4-13-8(9)11/h4,6H,1-3H3,(H2,11,13)(H,12,14). The van der Waals surface area contributed by atoms with Crippen LogP contribution in [0.2, 0.25) is 0 Å². The fourth-order valence-electron chi connectivity index (χ4n) is 1.21. The molecule has 0 aromatic rings. The molecule has 0 aromatic carbocycles. The number of carbonyl (C=O) groups excluding carboxylic acids is 1. The summed E-state index contributed by atoms with van der Waals surface area (Å²) in [6, 6.07) is 0. The zero-order valence-electron chi connectivity index (χ0n) is 8.47. The van der Waals surface area contributed by atoms with Crippen molar-refractivity contribution in [2.24, 2.45) is 16.1 Å². The molecule has 0 aromatic heterocycles. The number of amidine groups is 1. The van der Waals surface area contributed by atoms with Crippen LogP contribution >= 0.6 is 11.6 Å². The maximum Gasteiger partial charge on any atom is 0.250 e. The summed E-state index contributed by atoms with van der Waals surface area (Å²) < 4.78 is 0. The van der Waals surface area contributed by atoms with E-state index >= 15 is 0 Å². The lowest BCUT2D eigenvalue weighted by molar-refractivity contribution is -0.117. The molecule has 0 radical (unpaired) electrons. The quantitative estimate of drug-likeness (QED) is 0.630. The predicted octanol–water partition coefficient (Wildman–Crippen LogP) is 0.621. The molecule has 1 rings (SSSR count). The summed E-state index contributed by atoms with van der Waals surface area (Å²) in [5, 5.41) is 2.07. The minimum Gasteiger partial charge on any atom is -0.387 e. The molecular formula is C9H14ClN3O. The second-order valence-corrected chi connectivity index (χ2v) is 4.20. The molecule has 0 saturated heterocycles. The van der Waals surface area contributed by atoms with Crippen LogP contribution in [0.15, 0.2) is 16.8 Å². The number of halogens is 1. The third-order valence-corrected chi connectivity index (χ3v) is 3.18. The van der Waals surface area contributed by atoms with Gasteiger partial charge in [-0.1, -0.05) is 13.8 Å². The van der Waals surface area contributed by atoms with Gasteiger partial charge >= 0.3 is 0 Å². The number of carbonyl (C=O) groups is 1. The highest BCUT2D eigenvalue weighted by molar-refractivity contribution is 6.28. The number of hydrogen-bond acceptors (Lipinski definition) is 3. The zero-order valence-corrected chi connectivity index (χ0v) is 9.22. The van der Waals surface area contributed by atoms with Gasteiger partial charge in [-0.2, -0.15) is 0 Å². The number of nitrogens with two attached hydrogens (primary N) is 1. The second-order valence-electron chi connectivity index (χ2n) is 3.76. The molecule has 3 N–H and O–H groups in total. The number of nitrogens with one attached hydrogen (secondary N) is 1. The summed E-state index contributed by atoms with van der Waals surface area (Å²) in [6.07, 6.45) is 1.43. The third kappa shape index (κ3) is 1.62. The first-order valence-corrected chi connectivity index (χ1v) is 4.75. The molecule has 0 fully saturated rings. The second kappa shape index (κ2) is 3.61. The van der Waals surface area contributed by atoms with E-state index in [1.807, 2.05) is 13.8 Å². The lowest BCUT2D eigenvalue weighted by Crippen LogP contribution is -2.44. The van der Waals surface area contributed by atoms with Gasteiger partial charge in [-0.25, -0.2) is 4.99 Å². The Hall–Kier alpha value is -1.03. The van der Waals surface area contributed by atoms with Crippen LogP contribution in [0.25, 0.3) is 0 Å². The van der Waals surface area contributed by atoms with E-state index in [4.69, 9.17) is 17.3 Å². The fraction of sp³-hybridized carbons (Fsp3) is 0.556. The SMILES string of the molecule is CNC(=O)C1=CN=C(N)C(C)(C)C1Cl. The van der Waals surface area contributed by atoms with E-state index in [0.717, 1.165) is 0 Å². The Balaban J connectivity index is 3.07. The van der Waals surface area contributed by atoms with Crippen molar-refractivity contribution in [1.82, 2.24) is 5.32 Å². The molecule has 0 bridgehead atoms. The Morgan fingerprint density at radius 2 is 2.29 bits per heavy atom. The minimum absolute atomic E-state index is 0.214. The van der Waals surface area contributed by atoms with Crippen LogP contribution in [0.5, 0.6) is 0 Å². The van der Waals surface area contributed by atoms with Gasteiger partial charge in [-0.3, -0.25) is 4.79 Å². The van der Waals surface area contributed by atoms with Crippen molar-refractivity contribution < 1.29 is 4.79 Å². The van der Waals surface area contributed by atoms with Gasteiger partial charge in [0.25, 0.3) is 0 Å². The van der Waals surface area contributed by atoms with Gasteiger partial charge in [-0.05, 0) is 0 Å². The van der Waals surface area contributed by atoms with Gasteiger partial charge in [0, 0.05) is 18.7 Å². The van der Waals surface area contributed by atoms with Crippen molar-refractivity contribution in [2.45, 2.75) is 19.2 Å². The minimum atomic E-state index is -0.488. The number of likely N-dealkylation sites (N-methyl/N-ethyl adjacent to an activating group) is 1. The maximum atomic E-state index is 11.4. The fourth-order valence-corrected chi connectivity index (χ4v) is 1.47. The van der Waals surface area contributed by atoms with Crippen LogP contribution in [0, 0.1) is 5.41 Å². The highest BCUT2D eigenvalue weighted by Gasteiger charge is 2.38. The number of nitrogens with zero attached hydrogens (tertiary/aromatic N) is 1. The molecule has 0 spiro atoms. The monoisotopic (exact) mass is 215 g/mol. The summed E-state index contributed by atoms with van der Waals surface area (Å²) in [5.41, 5.74) is 5.66. The maximum absolute atomic E-state index is 11.4. The molecule has 5 heteroatoms. The van der Waals surface area contributed by atoms with Crippen LogP contribution < -0.4 is 11.1 Å². The van der Waals surface area contributed by atoms with E-state index in [-0.39, 0.29) is 5.91 Å². The highest BCUT2D eigenvalue weighted by atomic mass is 35.5. The summed E-state index contributed by atoms with van der Waals surface area (Å²) in [7, 11) is 1.56. The van der Waals surface area contributed by atoms with Gasteiger partial charge in [0.15, 0.2) is 0 Å². The third-order valence-electron chi connectivity index (χ3n) is 2.40. The first-order valence-electron chi connectivity index (χ1n) is 4.31. The molecule has 0 aliphatic carbocycles. The van der Waals surface area contributed by atoms with Crippen LogP contribution in [0.4, 0.5) is 0 Å². The first-order chi connectivity index (χ1) is 6.41. The average molecular weight is 216 g/mol. The van der Waals surface area contributed by atoms with E-state index in [9.17, 15) is 4.79 Å². The Kier molecular flexibility index (Phi) is 2.85. The van der Waals surface area contributed by atoms with E-state index in [0.29, 0.717) is 11.4 Å². The van der Waals surface area contributed by atoms with Crippen molar-refractivity contribution in [1.29, 1.82) is 0 Å². The first kappa shape index (κ1) is 11.0. The van der Waals surface area contributed by atoms with Gasteiger partial charge in [0.05, 0.1) is 11.0 Å². The average Bonchev–Trinajstić information content (AvgIpc) is 2.14. The Morgan fingerprint density at radius 3 is 2.79 bits per heavy atom. The Bertz CT molecular complexity index is 320. The van der Waals surface area contributed by atoms with Crippen LogP contribution in [0.3, 0.4) is 0 Å². The molecule has 1 aliphatic rings. The largest absolute Gasteiger partial charge is 0.387 e. The predicted molar refractivity (Wildman–Crippen MR) is 57.2 cm³/mol. The van der Waals surface area contributed by atoms with Crippen molar-refractivity contribution in [3.63, 3.8) is 0 Å². The van der Waals surface area contributed by atoms with Crippen molar-refractivity contribution >= 4 is 23.3 Å². The number of aliphatic imine (C=N–C) groups is 1. The Morgan fingerprint density at radius 1 is 1.71 bits per heavy atom. The van der Waals surface area contributed by atoms with Crippen LogP contribution in [-0.2, 0) is 4.79 Å². The summed E-state index contributed by atoms with van der Waals surface area (Å²) in [6.45, 7) is 3.72. The highest BCUT2D eigenvalue weighted by Crippen LogP contribution is 2.34. The van der Waals surface area contributed by atoms with E-state index in [1.165, 1.54) is 6.20 Å². The molecule has 0 saturated carbocycles. The molecule has 4 nitrogen and oxygen atoms in total. The normalized spacial score (nSPS) is 25.0. The van der Waals surface area contributed by atoms with Gasteiger partial charge < -0.3 is 11.1 Å². The molecule has 1 atom stereocenters. The smallest absolute Gasteiger partial charge is 0.250 e. The number of amides is 1. The van der Waals surface area contributed by atoms with Gasteiger partial charge in [0.2, 0.25) is 5.91 Å². The van der Waals surface area contributed by atoms with Crippen molar-refractivity contribution in [3.05, 3.63) is 11.8 Å². The van der Waals surface area contributed by atoms with Gasteiger partial charge in [0.1, 0.15) is 5.84 Å². The zero-order chi connectivity index (χ0) is 10.9. The van der Waals surface area contributed by atoms with E-state index in [2.05, 4.69) is 10.3 Å². The van der Waals surface area contributed by atoms with Crippen molar-refractivity contribution in [2.75, 3.05) is 7.05 Å². The van der Waals surface area contributed by atoms with Gasteiger partial charge in [-0.15, -0.1) is 11.6 Å². The summed E-state index contributed by atoms with van der Waals surface area (Å²) in [5.74, 6) is 0.236. The molecule has 1 heterocycles. The van der Waals surface area contributed by atoms with E-state index in [1.54, 1.807) is 7.05 Å². The molecule has 1 amide bonds. The lowest BCUT2D eigenvalue weighted by atomic mass is 9.82. The van der Waals surface area contributed by atoms with E-state index < -0.39 is 10.8 Å². The Labute approximate surface area is 88.2 Å².